The first-order chi connectivity index (χ1) is 12.8. The zero-order chi connectivity index (χ0) is 19.2. The number of hydrogen-bond donors (Lipinski definition) is 3. The molecule has 152 valence electrons. The summed E-state index contributed by atoms with van der Waals surface area (Å²) in [6.07, 6.45) is 3.99. The molecule has 3 atom stereocenters. The second-order valence-electron chi connectivity index (χ2n) is 7.83. The first kappa shape index (κ1) is 20.5. The largest absolute Gasteiger partial charge is 0.352 e. The van der Waals surface area contributed by atoms with Gasteiger partial charge in [-0.15, -0.1) is 12.4 Å². The van der Waals surface area contributed by atoms with Crippen molar-refractivity contribution in [2.45, 2.75) is 56.3 Å². The minimum Gasteiger partial charge on any atom is -0.352 e. The average Bonchev–Trinajstić information content (AvgIpc) is 3.07. The van der Waals surface area contributed by atoms with Crippen LogP contribution < -0.4 is 16.0 Å². The Morgan fingerprint density at radius 2 is 1.82 bits per heavy atom. The summed E-state index contributed by atoms with van der Waals surface area (Å²) in [7, 11) is 0. The van der Waals surface area contributed by atoms with Gasteiger partial charge in [-0.2, -0.15) is 0 Å². The van der Waals surface area contributed by atoms with Gasteiger partial charge in [-0.3, -0.25) is 14.5 Å². The first-order valence-corrected chi connectivity index (χ1v) is 9.31. The van der Waals surface area contributed by atoms with Crippen molar-refractivity contribution < 1.29 is 18.8 Å². The molecule has 0 saturated carbocycles. The lowest BCUT2D eigenvalue weighted by molar-refractivity contribution is -0.135. The normalized spacial score (nSPS) is 31.4. The highest BCUT2D eigenvalue weighted by Gasteiger charge is 2.49. The first-order valence-electron chi connectivity index (χ1n) is 9.31. The van der Waals surface area contributed by atoms with Crippen LogP contribution in [-0.2, 0) is 15.1 Å². The molecule has 3 saturated heterocycles. The Morgan fingerprint density at radius 1 is 1.21 bits per heavy atom. The van der Waals surface area contributed by atoms with E-state index in [1.165, 1.54) is 24.3 Å². The summed E-state index contributed by atoms with van der Waals surface area (Å²) in [6.45, 7) is 1.24. The molecular weight excluding hydrogens is 387 g/mol. The quantitative estimate of drug-likeness (QED) is 0.655. The van der Waals surface area contributed by atoms with Crippen molar-refractivity contribution >= 4 is 30.3 Å². The van der Waals surface area contributed by atoms with Gasteiger partial charge in [-0.1, -0.05) is 12.1 Å². The molecule has 1 aromatic rings. The van der Waals surface area contributed by atoms with Gasteiger partial charge in [0.15, 0.2) is 0 Å². The molecule has 1 aromatic carbocycles. The second kappa shape index (κ2) is 7.67. The van der Waals surface area contributed by atoms with Gasteiger partial charge in [-0.05, 0) is 50.3 Å². The number of nitrogens with zero attached hydrogens (tertiary/aromatic N) is 1. The Morgan fingerprint density at radius 3 is 2.43 bits per heavy atom. The van der Waals surface area contributed by atoms with Crippen LogP contribution in [0.3, 0.4) is 0 Å². The molecule has 4 amide bonds. The maximum atomic E-state index is 13.2. The van der Waals surface area contributed by atoms with Crippen LogP contribution in [0.1, 0.15) is 38.2 Å². The molecule has 0 aliphatic carbocycles. The topological polar surface area (TPSA) is 90.5 Å². The fourth-order valence-corrected chi connectivity index (χ4v) is 4.41. The molecule has 2 bridgehead atoms. The van der Waals surface area contributed by atoms with Crippen LogP contribution >= 0.6 is 12.4 Å². The molecule has 3 aliphatic heterocycles. The number of fused-ring (bicyclic) bond motifs is 2. The third kappa shape index (κ3) is 3.71. The highest BCUT2D eigenvalue weighted by Crippen LogP contribution is 2.29. The number of urea groups is 1. The number of imide groups is 1. The summed E-state index contributed by atoms with van der Waals surface area (Å²) in [5.74, 6) is -1.28. The second-order valence-corrected chi connectivity index (χ2v) is 7.83. The number of rotatable bonds is 4. The number of nitrogens with one attached hydrogen (secondary N) is 3. The fraction of sp³-hybridized carbons (Fsp3) is 0.526. The van der Waals surface area contributed by atoms with Gasteiger partial charge in [0.25, 0.3) is 5.91 Å². The molecule has 28 heavy (non-hydrogen) atoms. The smallest absolute Gasteiger partial charge is 0.325 e. The van der Waals surface area contributed by atoms with Crippen LogP contribution in [0, 0.1) is 5.82 Å². The van der Waals surface area contributed by atoms with E-state index in [4.69, 9.17) is 0 Å². The minimum atomic E-state index is -1.31. The van der Waals surface area contributed by atoms with E-state index >= 15 is 0 Å². The van der Waals surface area contributed by atoms with E-state index in [1.807, 2.05) is 0 Å². The van der Waals surface area contributed by atoms with E-state index in [0.717, 1.165) is 30.6 Å². The van der Waals surface area contributed by atoms with E-state index in [0.29, 0.717) is 17.6 Å². The van der Waals surface area contributed by atoms with Crippen molar-refractivity contribution in [3.63, 3.8) is 0 Å². The van der Waals surface area contributed by atoms with Crippen LogP contribution in [0.5, 0.6) is 0 Å². The van der Waals surface area contributed by atoms with Crippen LogP contribution in [0.4, 0.5) is 9.18 Å². The summed E-state index contributed by atoms with van der Waals surface area (Å²) in [4.78, 5) is 38.5. The molecule has 9 heteroatoms. The number of hydrogen-bond acceptors (Lipinski definition) is 4. The Labute approximate surface area is 168 Å². The molecule has 7 nitrogen and oxygen atoms in total. The van der Waals surface area contributed by atoms with E-state index in [9.17, 15) is 18.8 Å². The highest BCUT2D eigenvalue weighted by molar-refractivity contribution is 6.09. The van der Waals surface area contributed by atoms with Crippen molar-refractivity contribution in [1.29, 1.82) is 0 Å². The zero-order valence-corrected chi connectivity index (χ0v) is 16.4. The van der Waals surface area contributed by atoms with Gasteiger partial charge in [-0.25, -0.2) is 9.18 Å². The van der Waals surface area contributed by atoms with Gasteiger partial charge in [0.1, 0.15) is 17.9 Å². The number of amides is 4. The summed E-state index contributed by atoms with van der Waals surface area (Å²) in [6, 6.07) is 5.72. The maximum Gasteiger partial charge on any atom is 0.325 e. The van der Waals surface area contributed by atoms with Crippen molar-refractivity contribution in [2.75, 3.05) is 6.54 Å². The molecule has 0 spiro atoms. The van der Waals surface area contributed by atoms with Gasteiger partial charge in [0.05, 0.1) is 0 Å². The standard InChI is InChI=1S/C19H23FN4O3.ClH/c1-19(11-2-4-12(20)5-3-11)17(26)24(18(27)23-19)10-16(25)22-15-8-13-6-7-14(9-15)21-13;/h2-5,13-15,21H,6-10H2,1H3,(H,22,25)(H,23,27);1H. The molecule has 0 aromatic heterocycles. The molecule has 4 rings (SSSR count). The third-order valence-corrected chi connectivity index (χ3v) is 5.84. The monoisotopic (exact) mass is 410 g/mol. The van der Waals surface area contributed by atoms with Crippen LogP contribution in [-0.4, -0.2) is 47.4 Å². The van der Waals surface area contributed by atoms with Crippen molar-refractivity contribution in [2.24, 2.45) is 0 Å². The minimum absolute atomic E-state index is 0. The van der Waals surface area contributed by atoms with Gasteiger partial charge in [0, 0.05) is 18.1 Å². The van der Waals surface area contributed by atoms with Gasteiger partial charge in [0.2, 0.25) is 5.91 Å². The Kier molecular flexibility index (Phi) is 5.63. The average molecular weight is 411 g/mol. The highest BCUT2D eigenvalue weighted by atomic mass is 35.5. The summed E-state index contributed by atoms with van der Waals surface area (Å²) >= 11 is 0. The molecule has 0 radical (unpaired) electrons. The lowest BCUT2D eigenvalue weighted by Crippen LogP contribution is -2.50. The maximum absolute atomic E-state index is 13.2. The summed E-state index contributed by atoms with van der Waals surface area (Å²) in [5, 5.41) is 9.09. The van der Waals surface area contributed by atoms with Gasteiger partial charge < -0.3 is 16.0 Å². The van der Waals surface area contributed by atoms with E-state index in [-0.39, 0.29) is 30.9 Å². The van der Waals surface area contributed by atoms with Crippen molar-refractivity contribution in [1.82, 2.24) is 20.9 Å². The van der Waals surface area contributed by atoms with Crippen LogP contribution in [0.2, 0.25) is 0 Å². The zero-order valence-electron chi connectivity index (χ0n) is 15.5. The SMILES string of the molecule is CC1(c2ccc(F)cc2)NC(=O)N(CC(=O)NC2CC3CCC(C2)N3)C1=O.Cl. The predicted molar refractivity (Wildman–Crippen MR) is 102 cm³/mol. The van der Waals surface area contributed by atoms with Gasteiger partial charge >= 0.3 is 6.03 Å². The number of benzene rings is 1. The Balaban J connectivity index is 0.00000225. The lowest BCUT2D eigenvalue weighted by atomic mass is 9.92. The van der Waals surface area contributed by atoms with E-state index in [2.05, 4.69) is 16.0 Å². The number of halogens is 2. The third-order valence-electron chi connectivity index (χ3n) is 5.84. The molecule has 3 aliphatic rings. The van der Waals surface area contributed by atoms with E-state index < -0.39 is 23.3 Å². The molecule has 3 fully saturated rings. The molecule has 3 unspecified atom stereocenters. The Hall–Kier alpha value is -2.19. The number of carbonyl (C=O) groups excluding carboxylic acids is 3. The predicted octanol–water partition coefficient (Wildman–Crippen LogP) is 1.41. The molecule has 3 N–H and O–H groups in total. The Bertz CT molecular complexity index is 778. The fourth-order valence-electron chi connectivity index (χ4n) is 4.41. The lowest BCUT2D eigenvalue weighted by Gasteiger charge is -2.30. The van der Waals surface area contributed by atoms with Crippen molar-refractivity contribution in [3.8, 4) is 0 Å². The number of piperidine rings is 1. The summed E-state index contributed by atoms with van der Waals surface area (Å²) < 4.78 is 13.2. The molecule has 3 heterocycles. The number of carbonyl (C=O) groups is 3. The van der Waals surface area contributed by atoms with Crippen LogP contribution in [0.25, 0.3) is 0 Å². The van der Waals surface area contributed by atoms with Crippen molar-refractivity contribution in [3.05, 3.63) is 35.6 Å². The van der Waals surface area contributed by atoms with Crippen LogP contribution in [0.15, 0.2) is 24.3 Å². The summed E-state index contributed by atoms with van der Waals surface area (Å²) in [5.41, 5.74) is -0.834. The molecular formula is C19H24ClFN4O3. The van der Waals surface area contributed by atoms with E-state index in [1.54, 1.807) is 6.92 Å².